The average molecular weight is 154 g/mol. The molecule has 0 aliphatic rings. The summed E-state index contributed by atoms with van der Waals surface area (Å²) in [6.45, 7) is 1.64. The van der Waals surface area contributed by atoms with E-state index in [1.54, 1.807) is 6.92 Å². The fourth-order valence-electron chi connectivity index (χ4n) is 0.759. The number of hydrogen-bond donors (Lipinski definition) is 2. The van der Waals surface area contributed by atoms with Gasteiger partial charge in [0.15, 0.2) is 0 Å². The fourth-order valence-corrected chi connectivity index (χ4v) is 0.759. The fraction of sp³-hybridized carbons (Fsp3) is 0.143. The van der Waals surface area contributed by atoms with E-state index < -0.39 is 0 Å². The highest BCUT2D eigenvalue weighted by atomic mass is 16.6. The van der Waals surface area contributed by atoms with Gasteiger partial charge in [-0.1, -0.05) is 0 Å². The van der Waals surface area contributed by atoms with Gasteiger partial charge in [0.05, 0.1) is 4.91 Å². The molecule has 1 aromatic rings. The predicted octanol–water partition coefficient (Wildman–Crippen LogP) is 1.50. The molecule has 0 aliphatic heterocycles. The van der Waals surface area contributed by atoms with Gasteiger partial charge in [0.1, 0.15) is 5.75 Å². The summed E-state index contributed by atoms with van der Waals surface area (Å²) in [5.74, 6) is 0.107. The van der Waals surface area contributed by atoms with E-state index in [-0.39, 0.29) is 16.4 Å². The first-order chi connectivity index (χ1) is 5.11. The van der Waals surface area contributed by atoms with E-state index >= 15 is 0 Å². The summed E-state index contributed by atoms with van der Waals surface area (Å²) < 4.78 is 0. The van der Waals surface area contributed by atoms with E-state index in [0.29, 0.717) is 5.56 Å². The van der Waals surface area contributed by atoms with Gasteiger partial charge in [-0.2, -0.15) is 0 Å². The Labute approximate surface area is 63.2 Å². The van der Waals surface area contributed by atoms with Gasteiger partial charge in [-0.05, 0) is 18.6 Å². The molecule has 0 saturated carbocycles. The smallest absolute Gasteiger partial charge is 0.317 e. The molecule has 1 aromatic carbocycles. The SMILES string of the molecule is Cc1cc([N+](=O)O)ccc1O. The third kappa shape index (κ3) is 1.46. The van der Waals surface area contributed by atoms with Crippen molar-refractivity contribution in [3.05, 3.63) is 28.7 Å². The number of benzene rings is 1. The molecule has 0 unspecified atom stereocenters. The number of nitrogens with zero attached hydrogens (tertiary/aromatic N) is 1. The Morgan fingerprint density at radius 3 is 2.55 bits per heavy atom. The average Bonchev–Trinajstić information content (AvgIpc) is 1.94. The summed E-state index contributed by atoms with van der Waals surface area (Å²) in [7, 11) is 0. The molecule has 0 spiro atoms. The van der Waals surface area contributed by atoms with Crippen LogP contribution in [-0.4, -0.2) is 15.2 Å². The molecular formula is C7H8NO3+. The number of phenols is 1. The van der Waals surface area contributed by atoms with E-state index in [2.05, 4.69) is 0 Å². The maximum atomic E-state index is 10.3. The van der Waals surface area contributed by atoms with Crippen molar-refractivity contribution in [2.45, 2.75) is 6.92 Å². The van der Waals surface area contributed by atoms with Crippen molar-refractivity contribution >= 4 is 5.69 Å². The quantitative estimate of drug-likeness (QED) is 0.602. The minimum absolute atomic E-state index is 0.107. The maximum Gasteiger partial charge on any atom is 0.317 e. The number of rotatable bonds is 1. The lowest BCUT2D eigenvalue weighted by molar-refractivity contribution is -0.729. The van der Waals surface area contributed by atoms with Crippen LogP contribution >= 0.6 is 0 Å². The molecule has 4 nitrogen and oxygen atoms in total. The van der Waals surface area contributed by atoms with Crippen molar-refractivity contribution < 1.29 is 15.2 Å². The zero-order chi connectivity index (χ0) is 8.43. The first-order valence-corrected chi connectivity index (χ1v) is 3.07. The van der Waals surface area contributed by atoms with Gasteiger partial charge in [-0.15, -0.1) is 0 Å². The summed E-state index contributed by atoms with van der Waals surface area (Å²) in [6.07, 6.45) is 0. The summed E-state index contributed by atoms with van der Waals surface area (Å²) in [5.41, 5.74) is 0.665. The maximum absolute atomic E-state index is 10.3. The van der Waals surface area contributed by atoms with Crippen molar-refractivity contribution in [2.75, 3.05) is 0 Å². The van der Waals surface area contributed by atoms with Crippen LogP contribution in [0.1, 0.15) is 5.56 Å². The summed E-state index contributed by atoms with van der Waals surface area (Å²) in [6, 6.07) is 4.07. The highest BCUT2D eigenvalue weighted by Crippen LogP contribution is 2.20. The second-order valence-corrected chi connectivity index (χ2v) is 2.24. The van der Waals surface area contributed by atoms with Gasteiger partial charge in [0.25, 0.3) is 4.92 Å². The van der Waals surface area contributed by atoms with Gasteiger partial charge in [0.2, 0.25) is 0 Å². The van der Waals surface area contributed by atoms with Crippen molar-refractivity contribution in [2.24, 2.45) is 0 Å². The molecule has 0 amide bonds. The largest absolute Gasteiger partial charge is 0.508 e. The van der Waals surface area contributed by atoms with Crippen molar-refractivity contribution in [3.63, 3.8) is 0 Å². The highest BCUT2D eigenvalue weighted by Gasteiger charge is 2.11. The standard InChI is InChI=1S/C7H7NO3/c1-5-4-6(8(10)11)2-3-7(5)9/h2-4H,1H3,(H-,9,10,11)/p+1. The molecular weight excluding hydrogens is 146 g/mol. The van der Waals surface area contributed by atoms with Crippen LogP contribution in [0, 0.1) is 11.8 Å². The van der Waals surface area contributed by atoms with E-state index in [9.17, 15) is 4.91 Å². The van der Waals surface area contributed by atoms with Gasteiger partial charge in [0, 0.05) is 12.1 Å². The molecule has 58 valence electrons. The van der Waals surface area contributed by atoms with E-state index in [4.69, 9.17) is 10.3 Å². The molecule has 0 aliphatic carbocycles. The van der Waals surface area contributed by atoms with Crippen LogP contribution in [0.15, 0.2) is 18.2 Å². The first-order valence-electron chi connectivity index (χ1n) is 3.07. The van der Waals surface area contributed by atoms with Crippen LogP contribution in [0.5, 0.6) is 5.75 Å². The zero-order valence-corrected chi connectivity index (χ0v) is 5.98. The van der Waals surface area contributed by atoms with Crippen LogP contribution in [0.2, 0.25) is 0 Å². The molecule has 2 N–H and O–H groups in total. The molecule has 11 heavy (non-hydrogen) atoms. The van der Waals surface area contributed by atoms with Gasteiger partial charge in [-0.25, -0.2) is 5.21 Å². The summed E-state index contributed by atoms with van der Waals surface area (Å²) >= 11 is 0. The Morgan fingerprint density at radius 2 is 2.09 bits per heavy atom. The minimum Gasteiger partial charge on any atom is -0.508 e. The molecule has 0 heterocycles. The number of aryl methyl sites for hydroxylation is 1. The normalized spacial score (nSPS) is 9.55. The zero-order valence-electron chi connectivity index (χ0n) is 5.98. The second-order valence-electron chi connectivity index (χ2n) is 2.24. The van der Waals surface area contributed by atoms with Crippen LogP contribution in [0.4, 0.5) is 5.69 Å². The Bertz CT molecular complexity index is 296. The first kappa shape index (κ1) is 7.53. The van der Waals surface area contributed by atoms with Gasteiger partial charge in [-0.3, -0.25) is 0 Å². The Balaban J connectivity index is 3.15. The van der Waals surface area contributed by atoms with Gasteiger partial charge < -0.3 is 5.11 Å². The molecule has 4 heteroatoms. The molecule has 0 bridgehead atoms. The van der Waals surface area contributed by atoms with E-state index in [1.807, 2.05) is 0 Å². The topological polar surface area (TPSA) is 60.5 Å². The highest BCUT2D eigenvalue weighted by molar-refractivity contribution is 5.41. The monoisotopic (exact) mass is 154 g/mol. The van der Waals surface area contributed by atoms with Crippen molar-refractivity contribution in [3.8, 4) is 5.75 Å². The lowest BCUT2D eigenvalue weighted by Gasteiger charge is -1.93. The molecule has 0 radical (unpaired) electrons. The Kier molecular flexibility index (Phi) is 1.76. The Morgan fingerprint density at radius 1 is 1.45 bits per heavy atom. The van der Waals surface area contributed by atoms with Crippen LogP contribution in [0.3, 0.4) is 0 Å². The van der Waals surface area contributed by atoms with Gasteiger partial charge >= 0.3 is 5.69 Å². The van der Waals surface area contributed by atoms with Crippen molar-refractivity contribution in [1.82, 2.24) is 0 Å². The number of hydrogen-bond acceptors (Lipinski definition) is 2. The predicted molar refractivity (Wildman–Crippen MR) is 37.9 cm³/mol. The molecule has 1 rings (SSSR count). The summed E-state index contributed by atoms with van der Waals surface area (Å²) in [4.78, 5) is 10.1. The third-order valence-electron chi connectivity index (χ3n) is 1.40. The number of phenolic OH excluding ortho intramolecular Hbond substituents is 1. The molecule has 0 saturated heterocycles. The second kappa shape index (κ2) is 2.57. The molecule has 0 aromatic heterocycles. The van der Waals surface area contributed by atoms with Crippen LogP contribution in [-0.2, 0) is 0 Å². The van der Waals surface area contributed by atoms with Crippen molar-refractivity contribution in [1.29, 1.82) is 0 Å². The molecule has 0 fully saturated rings. The minimum atomic E-state index is -0.244. The lowest BCUT2D eigenvalue weighted by Crippen LogP contribution is -1.91. The molecule has 0 atom stereocenters. The lowest BCUT2D eigenvalue weighted by atomic mass is 10.2. The number of aromatic hydroxyl groups is 1. The van der Waals surface area contributed by atoms with E-state index in [0.717, 1.165) is 0 Å². The summed E-state index contributed by atoms with van der Waals surface area (Å²) in [5, 5.41) is 17.5. The van der Waals surface area contributed by atoms with Crippen LogP contribution in [0.25, 0.3) is 0 Å². The third-order valence-corrected chi connectivity index (χ3v) is 1.40. The Hall–Kier alpha value is -1.58. The van der Waals surface area contributed by atoms with Crippen LogP contribution < -0.4 is 0 Å². The van der Waals surface area contributed by atoms with E-state index in [1.165, 1.54) is 18.2 Å².